The molecule has 9 heteroatoms. The molecule has 5 aromatic rings. The molecule has 1 amide bonds. The van der Waals surface area contributed by atoms with Gasteiger partial charge in [0, 0.05) is 56.0 Å². The second kappa shape index (κ2) is 10.2. The van der Waals surface area contributed by atoms with E-state index < -0.39 is 6.04 Å². The van der Waals surface area contributed by atoms with Gasteiger partial charge >= 0.3 is 0 Å². The number of carbonyl (C=O) groups excluding carboxylic acids is 1. The Kier molecular flexibility index (Phi) is 6.43. The number of carbonyl (C=O) groups is 1. The smallest absolute Gasteiger partial charge is 0.250 e. The maximum Gasteiger partial charge on any atom is 0.250 e. The molecule has 1 atom stereocenters. The molecule has 0 saturated carbocycles. The number of thiazole rings is 1. The van der Waals surface area contributed by atoms with E-state index >= 15 is 0 Å². The van der Waals surface area contributed by atoms with Crippen molar-refractivity contribution in [2.24, 2.45) is 0 Å². The van der Waals surface area contributed by atoms with Crippen LogP contribution < -0.4 is 9.80 Å². The zero-order valence-corrected chi connectivity index (χ0v) is 21.9. The van der Waals surface area contributed by atoms with Crippen molar-refractivity contribution in [3.8, 4) is 22.6 Å². The third kappa shape index (κ3) is 4.56. The van der Waals surface area contributed by atoms with Crippen LogP contribution in [0, 0.1) is 6.92 Å². The lowest BCUT2D eigenvalue weighted by Gasteiger charge is -2.31. The number of pyridine rings is 1. The number of anilines is 2. The van der Waals surface area contributed by atoms with E-state index in [4.69, 9.17) is 4.42 Å². The number of hydrogen-bond donors (Lipinski definition) is 0. The summed E-state index contributed by atoms with van der Waals surface area (Å²) in [6, 6.07) is 17.8. The van der Waals surface area contributed by atoms with Gasteiger partial charge in [-0.05, 0) is 52.9 Å². The van der Waals surface area contributed by atoms with Crippen molar-refractivity contribution in [2.45, 2.75) is 25.8 Å². The molecule has 0 N–H and O–H groups in total. The van der Waals surface area contributed by atoms with E-state index in [0.29, 0.717) is 31.2 Å². The highest BCUT2D eigenvalue weighted by molar-refractivity contribution is 7.07. The number of hydrogen-bond acceptors (Lipinski definition) is 8. The maximum absolute atomic E-state index is 14.3. The fraction of sp³-hybridized carbons (Fsp3) is 0.207. The summed E-state index contributed by atoms with van der Waals surface area (Å²) >= 11 is 1.52. The van der Waals surface area contributed by atoms with E-state index in [1.165, 1.54) is 11.3 Å². The van der Waals surface area contributed by atoms with Crippen molar-refractivity contribution < 1.29 is 9.21 Å². The van der Waals surface area contributed by atoms with Gasteiger partial charge in [0.05, 0.1) is 5.51 Å². The van der Waals surface area contributed by atoms with Crippen LogP contribution in [0.2, 0.25) is 0 Å². The zero-order chi connectivity index (χ0) is 26.1. The summed E-state index contributed by atoms with van der Waals surface area (Å²) in [5.41, 5.74) is 7.62. The van der Waals surface area contributed by atoms with Crippen LogP contribution in [0.1, 0.15) is 17.0 Å². The molecule has 2 aromatic carbocycles. The Labute approximate surface area is 224 Å². The summed E-state index contributed by atoms with van der Waals surface area (Å²) in [6.45, 7) is 2.35. The Morgan fingerprint density at radius 3 is 2.63 bits per heavy atom. The maximum atomic E-state index is 14.3. The minimum atomic E-state index is -0.427. The summed E-state index contributed by atoms with van der Waals surface area (Å²) in [6.07, 6.45) is 4.80. The van der Waals surface area contributed by atoms with Crippen LogP contribution in [0.15, 0.2) is 82.3 Å². The summed E-state index contributed by atoms with van der Waals surface area (Å²) in [5, 5.41) is 10.3. The highest BCUT2D eigenvalue weighted by atomic mass is 32.1. The Bertz CT molecular complexity index is 1550. The van der Waals surface area contributed by atoms with Crippen molar-refractivity contribution in [2.75, 3.05) is 23.4 Å². The van der Waals surface area contributed by atoms with Gasteiger partial charge in [0.2, 0.25) is 17.7 Å². The van der Waals surface area contributed by atoms with E-state index in [9.17, 15) is 4.79 Å². The molecule has 0 saturated heterocycles. The van der Waals surface area contributed by atoms with Crippen molar-refractivity contribution in [3.05, 3.63) is 94.9 Å². The Morgan fingerprint density at radius 2 is 1.92 bits per heavy atom. The first-order chi connectivity index (χ1) is 18.6. The minimum Gasteiger partial charge on any atom is -0.421 e. The molecule has 38 heavy (non-hydrogen) atoms. The predicted octanol–water partition coefficient (Wildman–Crippen LogP) is 5.20. The van der Waals surface area contributed by atoms with Gasteiger partial charge in [0.1, 0.15) is 11.9 Å². The van der Waals surface area contributed by atoms with Gasteiger partial charge in [-0.1, -0.05) is 30.3 Å². The Morgan fingerprint density at radius 1 is 1.11 bits per heavy atom. The molecule has 8 nitrogen and oxygen atoms in total. The van der Waals surface area contributed by atoms with Crippen LogP contribution in [-0.2, 0) is 17.6 Å². The largest absolute Gasteiger partial charge is 0.421 e. The second-order valence-corrected chi connectivity index (χ2v) is 10.0. The van der Waals surface area contributed by atoms with E-state index in [1.807, 2.05) is 52.6 Å². The van der Waals surface area contributed by atoms with Crippen LogP contribution in [0.25, 0.3) is 22.6 Å². The SMILES string of the molecule is Cc1nnc(-c2cc(-c3ccncc3)cc3c2CCN3C(=O)[C@H](Cc2ccccc2)N(C)c2cscn2)o1. The van der Waals surface area contributed by atoms with Gasteiger partial charge in [0.25, 0.3) is 0 Å². The quantitative estimate of drug-likeness (QED) is 0.290. The fourth-order valence-corrected chi connectivity index (χ4v) is 5.57. The first kappa shape index (κ1) is 24.0. The molecule has 0 bridgehead atoms. The van der Waals surface area contributed by atoms with Gasteiger partial charge in [-0.15, -0.1) is 21.5 Å². The van der Waals surface area contributed by atoms with Crippen molar-refractivity contribution in [1.82, 2.24) is 20.2 Å². The minimum absolute atomic E-state index is 0.0302. The molecule has 0 fully saturated rings. The van der Waals surface area contributed by atoms with Crippen LogP contribution in [0.3, 0.4) is 0 Å². The highest BCUT2D eigenvalue weighted by Crippen LogP contribution is 2.40. The predicted molar refractivity (Wildman–Crippen MR) is 148 cm³/mol. The number of benzene rings is 2. The first-order valence-electron chi connectivity index (χ1n) is 12.4. The van der Waals surface area contributed by atoms with Crippen molar-refractivity contribution >= 4 is 28.7 Å². The Balaban J connectivity index is 1.43. The third-order valence-corrected chi connectivity index (χ3v) is 7.52. The number of aryl methyl sites for hydroxylation is 1. The van der Waals surface area contributed by atoms with Crippen molar-refractivity contribution in [3.63, 3.8) is 0 Å². The summed E-state index contributed by atoms with van der Waals surface area (Å²) in [4.78, 5) is 26.9. The van der Waals surface area contributed by atoms with Crippen LogP contribution in [-0.4, -0.2) is 45.7 Å². The van der Waals surface area contributed by atoms with Gasteiger partial charge in [-0.3, -0.25) is 9.78 Å². The van der Waals surface area contributed by atoms with Crippen LogP contribution in [0.4, 0.5) is 11.5 Å². The molecule has 0 radical (unpaired) electrons. The van der Waals surface area contributed by atoms with Gasteiger partial charge < -0.3 is 14.2 Å². The van der Waals surface area contributed by atoms with Gasteiger partial charge in [0.15, 0.2) is 0 Å². The van der Waals surface area contributed by atoms with E-state index in [2.05, 4.69) is 44.4 Å². The van der Waals surface area contributed by atoms with E-state index in [-0.39, 0.29) is 5.91 Å². The summed E-state index contributed by atoms with van der Waals surface area (Å²) in [7, 11) is 1.94. The molecule has 6 rings (SSSR count). The molecule has 1 aliphatic rings. The van der Waals surface area contributed by atoms with Crippen molar-refractivity contribution in [1.29, 1.82) is 0 Å². The Hall–Kier alpha value is -4.37. The zero-order valence-electron chi connectivity index (χ0n) is 21.1. The monoisotopic (exact) mass is 522 g/mol. The van der Waals surface area contributed by atoms with Gasteiger partial charge in [-0.25, -0.2) is 4.98 Å². The number of aromatic nitrogens is 4. The first-order valence-corrected chi connectivity index (χ1v) is 13.4. The number of likely N-dealkylation sites (N-methyl/N-ethyl adjacent to an activating group) is 1. The molecule has 4 heterocycles. The van der Waals surface area contributed by atoms with E-state index in [0.717, 1.165) is 39.3 Å². The van der Waals surface area contributed by atoms with E-state index in [1.54, 1.807) is 24.8 Å². The van der Waals surface area contributed by atoms with Gasteiger partial charge in [-0.2, -0.15) is 0 Å². The summed E-state index contributed by atoms with van der Waals surface area (Å²) in [5.74, 6) is 1.78. The van der Waals surface area contributed by atoms with Crippen LogP contribution in [0.5, 0.6) is 0 Å². The molecule has 0 spiro atoms. The molecule has 190 valence electrons. The average molecular weight is 523 g/mol. The molecule has 3 aromatic heterocycles. The third-order valence-electron chi connectivity index (χ3n) is 6.94. The lowest BCUT2D eigenvalue weighted by Crippen LogP contribution is -2.48. The lowest BCUT2D eigenvalue weighted by molar-refractivity contribution is -0.119. The number of rotatable bonds is 7. The number of amides is 1. The molecule has 0 unspecified atom stereocenters. The highest BCUT2D eigenvalue weighted by Gasteiger charge is 2.35. The van der Waals surface area contributed by atoms with Crippen LogP contribution >= 0.6 is 11.3 Å². The molecular weight excluding hydrogens is 496 g/mol. The summed E-state index contributed by atoms with van der Waals surface area (Å²) < 4.78 is 5.84. The number of fused-ring (bicyclic) bond motifs is 1. The topological polar surface area (TPSA) is 88.3 Å². The lowest BCUT2D eigenvalue weighted by atomic mass is 9.97. The standard InChI is InChI=1S/C29H26N6O2S/c1-19-32-33-28(37-19)24-15-22(21-8-11-30-12-9-21)16-25-23(24)10-13-35(25)29(36)26(14-20-6-4-3-5-7-20)34(2)27-17-38-18-31-27/h3-9,11-12,15-18,26H,10,13-14H2,1-2H3/t26-/m0/s1. The fourth-order valence-electron chi connectivity index (χ4n) is 4.99. The second-order valence-electron chi connectivity index (χ2n) is 9.29. The number of nitrogens with zero attached hydrogens (tertiary/aromatic N) is 6. The molecule has 0 aliphatic carbocycles. The normalized spacial score (nSPS) is 13.4. The molecular formula is C29H26N6O2S. The average Bonchev–Trinajstić information content (AvgIpc) is 3.73. The molecule has 1 aliphatic heterocycles.